The molecular weight excluding hydrogens is 920 g/mol. The number of aromatic carboxylic acids is 1. The van der Waals surface area contributed by atoms with Gasteiger partial charge in [0.2, 0.25) is 23.6 Å². The number of hydrogen-bond acceptors (Lipinski definition) is 17. The van der Waals surface area contributed by atoms with Gasteiger partial charge in [-0.1, -0.05) is 35.3 Å². The van der Waals surface area contributed by atoms with Gasteiger partial charge in [0.1, 0.15) is 32.5 Å². The summed E-state index contributed by atoms with van der Waals surface area (Å²) in [6, 6.07) is 21.2. The number of methoxy groups -OCH3 is 2. The number of aromatic nitrogens is 6. The summed E-state index contributed by atoms with van der Waals surface area (Å²) in [5.74, 6) is 1.56. The molecule has 1 amide bonds. The number of ether oxygens (including phenoxy) is 4. The van der Waals surface area contributed by atoms with E-state index in [9.17, 15) is 14.7 Å². The first-order valence-electron chi connectivity index (χ1n) is 20.2. The minimum Gasteiger partial charge on any atom is -0.494 e. The molecule has 2 N–H and O–H groups in total. The first-order chi connectivity index (χ1) is 31.7. The number of carboxylic acids is 1. The van der Waals surface area contributed by atoms with Crippen LogP contribution in [0, 0.1) is 0 Å². The van der Waals surface area contributed by atoms with E-state index in [-0.39, 0.29) is 22.4 Å². The van der Waals surface area contributed by atoms with Gasteiger partial charge in [0.15, 0.2) is 0 Å². The predicted octanol–water partition coefficient (Wildman–Crippen LogP) is 7.98. The maximum absolute atomic E-state index is 12.9. The third-order valence-electron chi connectivity index (χ3n) is 9.86. The van der Waals surface area contributed by atoms with E-state index in [1.54, 1.807) is 54.7 Å². The number of benzene rings is 4. The number of carbonyl (C=O) groups is 2. The average Bonchev–Trinajstić information content (AvgIpc) is 4.17. The largest absolute Gasteiger partial charge is 0.494 e. The molecule has 6 heterocycles. The Balaban J connectivity index is 0.000000159. The molecule has 2 aliphatic rings. The normalized spacial score (nSPS) is 13.8. The summed E-state index contributed by atoms with van der Waals surface area (Å²) in [6.07, 6.45) is 0.775. The molecule has 0 bridgehead atoms. The lowest BCUT2D eigenvalue weighted by Gasteiger charge is -2.27. The van der Waals surface area contributed by atoms with Gasteiger partial charge in [0, 0.05) is 37.3 Å². The summed E-state index contributed by atoms with van der Waals surface area (Å²) in [6.45, 7) is 5.95. The van der Waals surface area contributed by atoms with Crippen molar-refractivity contribution in [1.29, 1.82) is 0 Å². The Morgan fingerprint density at radius 2 is 1.18 bits per heavy atom. The first-order valence-corrected chi connectivity index (χ1v) is 22.5. The highest BCUT2D eigenvalue weighted by molar-refractivity contribution is 7.19. The lowest BCUT2D eigenvalue weighted by molar-refractivity contribution is 0.0303. The third kappa shape index (κ3) is 11.1. The van der Waals surface area contributed by atoms with E-state index >= 15 is 0 Å². The van der Waals surface area contributed by atoms with E-state index < -0.39 is 5.97 Å². The van der Waals surface area contributed by atoms with Gasteiger partial charge >= 0.3 is 5.97 Å². The number of para-hydroxylation sites is 2. The number of morpholine rings is 2. The molecule has 0 unspecified atom stereocenters. The molecule has 0 radical (unpaired) electrons. The zero-order chi connectivity index (χ0) is 45.3. The fraction of sp³-hybridized carbons (Fsp3) is 0.273. The van der Waals surface area contributed by atoms with Crippen molar-refractivity contribution >= 4 is 78.2 Å². The number of nitrogens with zero attached hydrogens (tertiary/aromatic N) is 7. The molecule has 2 aliphatic heterocycles. The Hall–Kier alpha value is -6.06. The van der Waals surface area contributed by atoms with Crippen molar-refractivity contribution in [2.45, 2.75) is 12.8 Å². The fourth-order valence-corrected chi connectivity index (χ4v) is 9.01. The molecule has 17 nitrogen and oxygen atoms in total. The van der Waals surface area contributed by atoms with Gasteiger partial charge in [-0.15, -0.1) is 43.1 Å². The van der Waals surface area contributed by atoms with Crippen LogP contribution in [0.2, 0.25) is 10.0 Å². The van der Waals surface area contributed by atoms with Crippen LogP contribution in [-0.2, 0) is 22.3 Å². The molecule has 2 fully saturated rings. The summed E-state index contributed by atoms with van der Waals surface area (Å²) < 4.78 is 34.6. The van der Waals surface area contributed by atoms with Gasteiger partial charge in [0.05, 0.1) is 84.1 Å². The summed E-state index contributed by atoms with van der Waals surface area (Å²) in [7, 11) is 3.23. The van der Waals surface area contributed by atoms with Crippen LogP contribution in [0.1, 0.15) is 42.5 Å². The van der Waals surface area contributed by atoms with Crippen LogP contribution >= 0.6 is 45.9 Å². The van der Waals surface area contributed by atoms with Crippen LogP contribution in [0.4, 0.5) is 0 Å². The number of thiazole rings is 2. The summed E-state index contributed by atoms with van der Waals surface area (Å²) in [4.78, 5) is 35.1. The van der Waals surface area contributed by atoms with Crippen molar-refractivity contribution < 1.29 is 42.5 Å². The van der Waals surface area contributed by atoms with E-state index in [0.29, 0.717) is 84.3 Å². The first kappa shape index (κ1) is 45.5. The maximum atomic E-state index is 12.9. The van der Waals surface area contributed by atoms with Crippen molar-refractivity contribution in [3.05, 3.63) is 116 Å². The van der Waals surface area contributed by atoms with Gasteiger partial charge in [-0.05, 0) is 60.7 Å². The van der Waals surface area contributed by atoms with Gasteiger partial charge < -0.3 is 43.1 Å². The predicted molar refractivity (Wildman–Crippen MR) is 245 cm³/mol. The summed E-state index contributed by atoms with van der Waals surface area (Å²) >= 11 is 15.3. The number of rotatable bonds is 10. The lowest BCUT2D eigenvalue weighted by Crippen LogP contribution is -2.40. The zero-order valence-corrected chi connectivity index (χ0v) is 38.1. The molecule has 65 heavy (non-hydrogen) atoms. The standard InChI is InChI=1S/C22H19ClN4O4S.C18H12ClN3O4S.C4H9NO/c1-29-16-3-2-4-17-20(16)24-19(32-17)12-18-25-26-21(31-18)13-5-6-15(23)14(11-13)22(28)27-7-9-30-10-8-27;1-25-12-3-2-4-13-16(12)20-15(27-13)8-14-21-22-17(26-14)9-5-6-11(19)10(7-9)18(23)24;1-3-6-4-2-5-1/h2-6,11H,7-10,12H2,1H3;2-7H,8H2,1H3,(H,23,24);5H,1-4H2. The molecule has 0 spiro atoms. The Morgan fingerprint density at radius 3 is 1.65 bits per heavy atom. The van der Waals surface area contributed by atoms with Crippen LogP contribution in [0.25, 0.3) is 43.3 Å². The number of carbonyl (C=O) groups excluding carboxylic acids is 1. The highest BCUT2D eigenvalue weighted by Crippen LogP contribution is 2.33. The van der Waals surface area contributed by atoms with Crippen molar-refractivity contribution in [3.8, 4) is 34.4 Å². The SMILES string of the molecule is C1COCCN1.COc1cccc2sc(Cc3nnc(-c4ccc(Cl)c(C(=O)N5CCOCC5)c4)o3)nc12.COc1cccc2sc(Cc3nnc(-c4ccc(Cl)c(C(=O)O)c4)o3)nc12. The monoisotopic (exact) mass is 958 g/mol. The number of nitrogens with one attached hydrogen (secondary N) is 1. The number of hydrogen-bond donors (Lipinski definition) is 2. The molecule has 8 aromatic rings. The molecule has 4 aromatic heterocycles. The maximum Gasteiger partial charge on any atom is 0.337 e. The second-order valence-electron chi connectivity index (χ2n) is 14.1. The topological polar surface area (TPSA) is 210 Å². The second kappa shape index (κ2) is 21.3. The quantitative estimate of drug-likeness (QED) is 0.133. The van der Waals surface area contributed by atoms with Gasteiger partial charge in [-0.3, -0.25) is 4.79 Å². The molecule has 0 atom stereocenters. The molecule has 4 aromatic carbocycles. The molecular formula is C44H40Cl2N8O9S2. The van der Waals surface area contributed by atoms with Crippen LogP contribution in [0.5, 0.6) is 11.5 Å². The average molecular weight is 960 g/mol. The van der Waals surface area contributed by atoms with Crippen LogP contribution in [0.3, 0.4) is 0 Å². The Morgan fingerprint density at radius 1 is 0.692 bits per heavy atom. The lowest BCUT2D eigenvalue weighted by atomic mass is 10.1. The van der Waals surface area contributed by atoms with Crippen molar-refractivity contribution in [3.63, 3.8) is 0 Å². The highest BCUT2D eigenvalue weighted by Gasteiger charge is 2.23. The third-order valence-corrected chi connectivity index (χ3v) is 12.6. The minimum atomic E-state index is -1.12. The van der Waals surface area contributed by atoms with Crippen molar-refractivity contribution in [1.82, 2.24) is 40.6 Å². The molecule has 21 heteroatoms. The zero-order valence-electron chi connectivity index (χ0n) is 34.9. The van der Waals surface area contributed by atoms with Crippen LogP contribution in [-0.4, -0.2) is 119 Å². The van der Waals surface area contributed by atoms with Crippen LogP contribution in [0.15, 0.2) is 81.6 Å². The van der Waals surface area contributed by atoms with E-state index in [4.69, 9.17) is 51.0 Å². The Kier molecular flexibility index (Phi) is 14.9. The van der Waals surface area contributed by atoms with Gasteiger partial charge in [-0.2, -0.15) is 0 Å². The second-order valence-corrected chi connectivity index (χ2v) is 17.2. The van der Waals surface area contributed by atoms with Gasteiger partial charge in [-0.25, -0.2) is 14.8 Å². The minimum absolute atomic E-state index is 0.0211. The molecule has 0 saturated carbocycles. The van der Waals surface area contributed by atoms with Crippen molar-refractivity contribution in [2.24, 2.45) is 0 Å². The van der Waals surface area contributed by atoms with Crippen molar-refractivity contribution in [2.75, 3.05) is 66.8 Å². The number of fused-ring (bicyclic) bond motifs is 2. The fourth-order valence-electron chi connectivity index (χ4n) is 6.66. The number of amides is 1. The molecule has 0 aliphatic carbocycles. The highest BCUT2D eigenvalue weighted by atomic mass is 35.5. The number of halogens is 2. The number of carboxylic acid groups (broad SMARTS) is 1. The molecule has 2 saturated heterocycles. The summed E-state index contributed by atoms with van der Waals surface area (Å²) in [5, 5.41) is 30.9. The van der Waals surface area contributed by atoms with E-state index in [1.807, 2.05) is 36.4 Å². The van der Waals surface area contributed by atoms with E-state index in [1.165, 1.54) is 23.5 Å². The van der Waals surface area contributed by atoms with E-state index in [2.05, 4.69) is 35.7 Å². The van der Waals surface area contributed by atoms with Crippen LogP contribution < -0.4 is 14.8 Å². The Labute approximate surface area is 389 Å². The smallest absolute Gasteiger partial charge is 0.337 e. The Bertz CT molecular complexity index is 2920. The summed E-state index contributed by atoms with van der Waals surface area (Å²) in [5.41, 5.74) is 3.12. The van der Waals surface area contributed by atoms with Gasteiger partial charge in [0.25, 0.3) is 5.91 Å². The molecule has 336 valence electrons. The van der Waals surface area contributed by atoms with E-state index in [0.717, 1.165) is 62.5 Å². The molecule has 10 rings (SSSR count).